The Labute approximate surface area is 103 Å². The van der Waals surface area contributed by atoms with Gasteiger partial charge in [0.2, 0.25) is 0 Å². The third-order valence-electron chi connectivity index (χ3n) is 3.01. The van der Waals surface area contributed by atoms with Crippen molar-refractivity contribution < 1.29 is 14.6 Å². The van der Waals surface area contributed by atoms with Gasteiger partial charge in [-0.1, -0.05) is 0 Å². The van der Waals surface area contributed by atoms with Crippen molar-refractivity contribution in [2.75, 3.05) is 24.7 Å². The summed E-state index contributed by atoms with van der Waals surface area (Å²) >= 11 is 0. The lowest BCUT2D eigenvalue weighted by Gasteiger charge is -2.12. The van der Waals surface area contributed by atoms with Crippen molar-refractivity contribution in [2.24, 2.45) is 0 Å². The Morgan fingerprint density at radius 1 is 1.50 bits per heavy atom. The molecule has 2 aromatic heterocycles. The maximum absolute atomic E-state index is 8.98. The number of rotatable bonds is 2. The molecule has 1 fully saturated rings. The van der Waals surface area contributed by atoms with Crippen molar-refractivity contribution in [3.8, 4) is 0 Å². The van der Waals surface area contributed by atoms with Crippen LogP contribution in [0.3, 0.4) is 0 Å². The molecule has 0 aromatic carbocycles. The number of ether oxygens (including phenoxy) is 2. The zero-order chi connectivity index (χ0) is 12.7. The molecular formula is C11H14N4O3. The van der Waals surface area contributed by atoms with E-state index in [4.69, 9.17) is 26.0 Å². The summed E-state index contributed by atoms with van der Waals surface area (Å²) in [6.07, 6.45) is 0.803. The molecule has 1 aliphatic rings. The number of nitrogen functional groups attached to an aromatic ring is 2. The summed E-state index contributed by atoms with van der Waals surface area (Å²) in [4.78, 5) is 7.33. The minimum Gasteiger partial charge on any atom is -0.395 e. The van der Waals surface area contributed by atoms with Crippen molar-refractivity contribution >= 4 is 22.4 Å². The van der Waals surface area contributed by atoms with Crippen LogP contribution in [0.4, 0.5) is 11.5 Å². The molecule has 2 atom stereocenters. The number of aromatic amines is 1. The normalized spacial score (nSPS) is 23.8. The van der Waals surface area contributed by atoms with Crippen molar-refractivity contribution in [1.29, 1.82) is 0 Å². The van der Waals surface area contributed by atoms with Gasteiger partial charge in [-0.2, -0.15) is 0 Å². The van der Waals surface area contributed by atoms with E-state index in [1.807, 2.05) is 6.07 Å². The van der Waals surface area contributed by atoms with Gasteiger partial charge in [0, 0.05) is 11.6 Å². The van der Waals surface area contributed by atoms with E-state index in [0.717, 1.165) is 10.9 Å². The number of aliphatic hydroxyl groups excluding tert-OH is 1. The average Bonchev–Trinajstić information content (AvgIpc) is 3.02. The molecule has 3 heterocycles. The number of pyridine rings is 1. The SMILES string of the molecule is Nc1nc([C@@H]2CO[C@@H](CO)O2)c2[nH]ccc2c1N. The molecular weight excluding hydrogens is 236 g/mol. The molecule has 3 rings (SSSR count). The number of nitrogens with zero attached hydrogens (tertiary/aromatic N) is 1. The molecule has 0 spiro atoms. The molecule has 1 saturated heterocycles. The number of anilines is 2. The number of nitrogens with two attached hydrogens (primary N) is 2. The van der Waals surface area contributed by atoms with Crippen LogP contribution >= 0.6 is 0 Å². The van der Waals surface area contributed by atoms with E-state index in [9.17, 15) is 0 Å². The van der Waals surface area contributed by atoms with Crippen LogP contribution in [0.25, 0.3) is 10.9 Å². The van der Waals surface area contributed by atoms with Crippen LogP contribution < -0.4 is 11.5 Å². The van der Waals surface area contributed by atoms with Crippen LogP contribution in [-0.4, -0.2) is 34.6 Å². The standard InChI is InChI=1S/C11H14N4O3/c12-8-5-1-2-14-9(5)10(15-11(8)13)6-4-17-7(3-16)18-6/h1-2,6-7,14,16H,3-4,12H2,(H2,13,15)/t6-,7+/m0/s1. The fourth-order valence-corrected chi connectivity index (χ4v) is 2.12. The molecule has 0 saturated carbocycles. The number of aromatic nitrogens is 2. The predicted octanol–water partition coefficient (Wildman–Crippen LogP) is 0.134. The summed E-state index contributed by atoms with van der Waals surface area (Å²) in [6, 6.07) is 1.84. The largest absolute Gasteiger partial charge is 0.395 e. The summed E-state index contributed by atoms with van der Waals surface area (Å²) < 4.78 is 10.8. The van der Waals surface area contributed by atoms with Crippen LogP contribution in [0, 0.1) is 0 Å². The van der Waals surface area contributed by atoms with Crippen LogP contribution in [-0.2, 0) is 9.47 Å². The van der Waals surface area contributed by atoms with Crippen LogP contribution in [0.1, 0.15) is 11.8 Å². The van der Waals surface area contributed by atoms with Gasteiger partial charge in [0.05, 0.1) is 30.1 Å². The number of hydrogen-bond donors (Lipinski definition) is 4. The molecule has 0 bridgehead atoms. The third-order valence-corrected chi connectivity index (χ3v) is 3.01. The zero-order valence-electron chi connectivity index (χ0n) is 9.59. The number of hydrogen-bond acceptors (Lipinski definition) is 6. The Hall–Kier alpha value is -1.83. The van der Waals surface area contributed by atoms with E-state index in [1.54, 1.807) is 6.20 Å². The lowest BCUT2D eigenvalue weighted by molar-refractivity contribution is -0.0884. The first-order valence-corrected chi connectivity index (χ1v) is 5.60. The second-order valence-corrected chi connectivity index (χ2v) is 4.13. The number of nitrogens with one attached hydrogen (secondary N) is 1. The van der Waals surface area contributed by atoms with Crippen LogP contribution in [0.5, 0.6) is 0 Å². The van der Waals surface area contributed by atoms with Crippen molar-refractivity contribution in [1.82, 2.24) is 9.97 Å². The average molecular weight is 250 g/mol. The Balaban J connectivity index is 2.07. The highest BCUT2D eigenvalue weighted by Gasteiger charge is 2.30. The molecule has 7 nitrogen and oxygen atoms in total. The van der Waals surface area contributed by atoms with E-state index in [-0.39, 0.29) is 18.5 Å². The highest BCUT2D eigenvalue weighted by Crippen LogP contribution is 2.34. The molecule has 96 valence electrons. The molecule has 1 aliphatic heterocycles. The van der Waals surface area contributed by atoms with Gasteiger partial charge in [0.15, 0.2) is 6.29 Å². The van der Waals surface area contributed by atoms with Crippen molar-refractivity contribution in [3.63, 3.8) is 0 Å². The van der Waals surface area contributed by atoms with Gasteiger partial charge in [-0.15, -0.1) is 0 Å². The quantitative estimate of drug-likeness (QED) is 0.601. The number of aliphatic hydroxyl groups is 1. The van der Waals surface area contributed by atoms with Gasteiger partial charge in [-0.3, -0.25) is 0 Å². The molecule has 2 aromatic rings. The third kappa shape index (κ3) is 1.60. The monoisotopic (exact) mass is 250 g/mol. The molecule has 0 radical (unpaired) electrons. The van der Waals surface area contributed by atoms with Crippen molar-refractivity contribution in [2.45, 2.75) is 12.4 Å². The number of H-pyrrole nitrogens is 1. The summed E-state index contributed by atoms with van der Waals surface area (Å²) in [5.41, 5.74) is 13.5. The van der Waals surface area contributed by atoms with Gasteiger partial charge in [-0.05, 0) is 6.07 Å². The minimum atomic E-state index is -0.611. The summed E-state index contributed by atoms with van der Waals surface area (Å²) in [5, 5.41) is 9.79. The van der Waals surface area contributed by atoms with E-state index >= 15 is 0 Å². The summed E-state index contributed by atoms with van der Waals surface area (Å²) in [7, 11) is 0. The Kier molecular flexibility index (Phi) is 2.58. The highest BCUT2D eigenvalue weighted by molar-refractivity contribution is 5.96. The minimum absolute atomic E-state index is 0.186. The summed E-state index contributed by atoms with van der Waals surface area (Å²) in [6.45, 7) is 0.143. The Bertz CT molecular complexity index is 583. The van der Waals surface area contributed by atoms with E-state index < -0.39 is 6.29 Å². The second-order valence-electron chi connectivity index (χ2n) is 4.13. The van der Waals surface area contributed by atoms with Gasteiger partial charge in [0.1, 0.15) is 11.9 Å². The Morgan fingerprint density at radius 3 is 3.06 bits per heavy atom. The first kappa shape index (κ1) is 11.3. The maximum atomic E-state index is 8.98. The van der Waals surface area contributed by atoms with E-state index in [0.29, 0.717) is 18.0 Å². The maximum Gasteiger partial charge on any atom is 0.181 e. The molecule has 18 heavy (non-hydrogen) atoms. The van der Waals surface area contributed by atoms with Gasteiger partial charge < -0.3 is 31.0 Å². The number of fused-ring (bicyclic) bond motifs is 1. The van der Waals surface area contributed by atoms with Gasteiger partial charge in [-0.25, -0.2) is 4.98 Å². The summed E-state index contributed by atoms with van der Waals surface area (Å²) in [5.74, 6) is 0.271. The first-order valence-electron chi connectivity index (χ1n) is 5.60. The molecule has 6 N–H and O–H groups in total. The molecule has 0 unspecified atom stereocenters. The van der Waals surface area contributed by atoms with Crippen LogP contribution in [0.2, 0.25) is 0 Å². The molecule has 0 aliphatic carbocycles. The van der Waals surface area contributed by atoms with Crippen molar-refractivity contribution in [3.05, 3.63) is 18.0 Å². The fraction of sp³-hybridized carbons (Fsp3) is 0.364. The zero-order valence-corrected chi connectivity index (χ0v) is 9.59. The fourth-order valence-electron chi connectivity index (χ4n) is 2.12. The lowest BCUT2D eigenvalue weighted by Crippen LogP contribution is -2.13. The smallest absolute Gasteiger partial charge is 0.181 e. The topological polar surface area (TPSA) is 119 Å². The van der Waals surface area contributed by atoms with E-state index in [1.165, 1.54) is 0 Å². The highest BCUT2D eigenvalue weighted by atomic mass is 16.7. The van der Waals surface area contributed by atoms with Crippen LogP contribution in [0.15, 0.2) is 12.3 Å². The predicted molar refractivity (Wildman–Crippen MR) is 65.6 cm³/mol. The lowest BCUT2D eigenvalue weighted by atomic mass is 10.1. The van der Waals surface area contributed by atoms with Gasteiger partial charge in [0.25, 0.3) is 0 Å². The van der Waals surface area contributed by atoms with Gasteiger partial charge >= 0.3 is 0 Å². The molecule has 7 heteroatoms. The second kappa shape index (κ2) is 4.13. The molecule has 0 amide bonds. The van der Waals surface area contributed by atoms with E-state index in [2.05, 4.69) is 9.97 Å². The first-order chi connectivity index (χ1) is 8.70. The Morgan fingerprint density at radius 2 is 2.33 bits per heavy atom.